The van der Waals surface area contributed by atoms with Gasteiger partial charge in [0.1, 0.15) is 5.82 Å². The van der Waals surface area contributed by atoms with Crippen LogP contribution in [0.4, 0.5) is 5.82 Å². The first-order valence-electron chi connectivity index (χ1n) is 8.46. The highest BCUT2D eigenvalue weighted by atomic mass is 15.3. The first kappa shape index (κ1) is 14.8. The molecule has 2 atom stereocenters. The van der Waals surface area contributed by atoms with Crippen molar-refractivity contribution < 1.29 is 0 Å². The molecule has 2 saturated heterocycles. The number of hydrogen-bond donors (Lipinski definition) is 1. The van der Waals surface area contributed by atoms with Gasteiger partial charge in [-0.3, -0.25) is 4.90 Å². The van der Waals surface area contributed by atoms with Crippen molar-refractivity contribution in [1.82, 2.24) is 15.2 Å². The number of rotatable bonds is 5. The van der Waals surface area contributed by atoms with Crippen LogP contribution in [-0.4, -0.2) is 48.6 Å². The van der Waals surface area contributed by atoms with Crippen LogP contribution in [0.5, 0.6) is 0 Å². The van der Waals surface area contributed by atoms with Gasteiger partial charge in [0.05, 0.1) is 0 Å². The number of fused-ring (bicyclic) bond motifs is 1. The van der Waals surface area contributed by atoms with Gasteiger partial charge in [-0.05, 0) is 50.9 Å². The molecule has 1 N–H and O–H groups in total. The number of nitrogens with one attached hydrogen (secondary N) is 1. The monoisotopic (exact) mass is 288 g/mol. The van der Waals surface area contributed by atoms with Gasteiger partial charge < -0.3 is 10.2 Å². The molecule has 21 heavy (non-hydrogen) atoms. The summed E-state index contributed by atoms with van der Waals surface area (Å²) >= 11 is 0. The molecular weight excluding hydrogens is 260 g/mol. The van der Waals surface area contributed by atoms with Crippen LogP contribution in [0.3, 0.4) is 0 Å². The second kappa shape index (κ2) is 6.75. The number of pyridine rings is 1. The van der Waals surface area contributed by atoms with Crippen molar-refractivity contribution in [3.63, 3.8) is 0 Å². The van der Waals surface area contributed by atoms with Crippen molar-refractivity contribution in [3.05, 3.63) is 23.9 Å². The first-order valence-corrected chi connectivity index (χ1v) is 8.46. The van der Waals surface area contributed by atoms with Crippen molar-refractivity contribution in [1.29, 1.82) is 0 Å². The van der Waals surface area contributed by atoms with Crippen molar-refractivity contribution in [3.8, 4) is 0 Å². The van der Waals surface area contributed by atoms with E-state index in [9.17, 15) is 0 Å². The van der Waals surface area contributed by atoms with Crippen LogP contribution in [0.15, 0.2) is 18.3 Å². The van der Waals surface area contributed by atoms with Gasteiger partial charge in [0.2, 0.25) is 0 Å². The summed E-state index contributed by atoms with van der Waals surface area (Å²) in [5, 5.41) is 3.52. The van der Waals surface area contributed by atoms with E-state index in [2.05, 4.69) is 41.1 Å². The molecule has 2 aliphatic rings. The van der Waals surface area contributed by atoms with Crippen LogP contribution in [0, 0.1) is 0 Å². The van der Waals surface area contributed by atoms with Crippen molar-refractivity contribution in [2.45, 2.75) is 45.2 Å². The lowest BCUT2D eigenvalue weighted by Gasteiger charge is -2.38. The smallest absolute Gasteiger partial charge is 0.128 e. The Hall–Kier alpha value is -1.13. The molecule has 3 heterocycles. The van der Waals surface area contributed by atoms with E-state index in [4.69, 9.17) is 4.98 Å². The fraction of sp³-hybridized carbons (Fsp3) is 0.706. The fourth-order valence-electron chi connectivity index (χ4n) is 3.52. The Kier molecular flexibility index (Phi) is 4.76. The zero-order valence-electron chi connectivity index (χ0n) is 13.4. The van der Waals surface area contributed by atoms with E-state index in [1.807, 2.05) is 6.20 Å². The van der Waals surface area contributed by atoms with Gasteiger partial charge in [-0.15, -0.1) is 0 Å². The van der Waals surface area contributed by atoms with Crippen LogP contribution in [0.1, 0.15) is 44.7 Å². The van der Waals surface area contributed by atoms with Gasteiger partial charge >= 0.3 is 0 Å². The van der Waals surface area contributed by atoms with Gasteiger partial charge in [0.15, 0.2) is 0 Å². The molecule has 0 aromatic carbocycles. The molecule has 2 fully saturated rings. The summed E-state index contributed by atoms with van der Waals surface area (Å²) in [5.41, 5.74) is 1.28. The van der Waals surface area contributed by atoms with Crippen LogP contribution in [0.25, 0.3) is 0 Å². The molecule has 0 amide bonds. The summed E-state index contributed by atoms with van der Waals surface area (Å²) in [7, 11) is 0. The highest BCUT2D eigenvalue weighted by molar-refractivity contribution is 5.41. The topological polar surface area (TPSA) is 31.4 Å². The fourth-order valence-corrected chi connectivity index (χ4v) is 3.52. The average Bonchev–Trinajstić information content (AvgIpc) is 3.00. The van der Waals surface area contributed by atoms with Crippen LogP contribution < -0.4 is 10.2 Å². The molecule has 1 aromatic heterocycles. The summed E-state index contributed by atoms with van der Waals surface area (Å²) in [6.07, 6.45) is 5.93. The van der Waals surface area contributed by atoms with E-state index in [0.29, 0.717) is 6.04 Å². The molecule has 4 nitrogen and oxygen atoms in total. The molecule has 4 heteroatoms. The molecule has 2 aliphatic heterocycles. The number of nitrogens with zero attached hydrogens (tertiary/aromatic N) is 3. The largest absolute Gasteiger partial charge is 0.354 e. The molecule has 0 spiro atoms. The maximum absolute atomic E-state index is 4.71. The van der Waals surface area contributed by atoms with Gasteiger partial charge in [-0.1, -0.05) is 13.0 Å². The Morgan fingerprint density at radius 1 is 1.33 bits per heavy atom. The molecule has 2 unspecified atom stereocenters. The summed E-state index contributed by atoms with van der Waals surface area (Å²) in [6.45, 7) is 10.2. The number of piperazine rings is 1. The summed E-state index contributed by atoms with van der Waals surface area (Å²) in [4.78, 5) is 9.81. The van der Waals surface area contributed by atoms with Crippen LogP contribution in [0.2, 0.25) is 0 Å². The minimum atomic E-state index is 0.387. The summed E-state index contributed by atoms with van der Waals surface area (Å²) in [5.74, 6) is 1.15. The zero-order chi connectivity index (χ0) is 14.7. The van der Waals surface area contributed by atoms with E-state index in [-0.39, 0.29) is 0 Å². The molecular formula is C17H28N4. The number of hydrogen-bond acceptors (Lipinski definition) is 4. The molecule has 0 saturated carbocycles. The highest BCUT2D eigenvalue weighted by Gasteiger charge is 2.30. The molecule has 0 bridgehead atoms. The van der Waals surface area contributed by atoms with Crippen LogP contribution in [-0.2, 0) is 0 Å². The zero-order valence-corrected chi connectivity index (χ0v) is 13.4. The third-order valence-corrected chi connectivity index (χ3v) is 4.88. The average molecular weight is 288 g/mol. The third kappa shape index (κ3) is 3.38. The van der Waals surface area contributed by atoms with E-state index in [1.165, 1.54) is 37.9 Å². The van der Waals surface area contributed by atoms with E-state index < -0.39 is 0 Å². The Morgan fingerprint density at radius 2 is 2.24 bits per heavy atom. The molecule has 3 rings (SSSR count). The lowest BCUT2D eigenvalue weighted by atomic mass is 10.1. The second-order valence-corrected chi connectivity index (χ2v) is 6.40. The van der Waals surface area contributed by atoms with E-state index in [0.717, 1.165) is 31.5 Å². The lowest BCUT2D eigenvalue weighted by molar-refractivity contribution is 0.230. The molecule has 1 aromatic rings. The van der Waals surface area contributed by atoms with Gasteiger partial charge in [0.25, 0.3) is 0 Å². The predicted octanol–water partition coefficient (Wildman–Crippen LogP) is 2.43. The lowest BCUT2D eigenvalue weighted by Crippen LogP contribution is -2.50. The Labute approximate surface area is 128 Å². The Morgan fingerprint density at radius 3 is 3.00 bits per heavy atom. The van der Waals surface area contributed by atoms with Gasteiger partial charge in [-0.25, -0.2) is 4.98 Å². The maximum Gasteiger partial charge on any atom is 0.128 e. The molecule has 0 radical (unpaired) electrons. The minimum Gasteiger partial charge on any atom is -0.354 e. The number of anilines is 1. The minimum absolute atomic E-state index is 0.387. The first-order chi connectivity index (χ1) is 10.3. The normalized spacial score (nSPS) is 24.1. The maximum atomic E-state index is 4.71. The van der Waals surface area contributed by atoms with E-state index >= 15 is 0 Å². The highest BCUT2D eigenvalue weighted by Crippen LogP contribution is 2.25. The van der Waals surface area contributed by atoms with Gasteiger partial charge in [0, 0.05) is 37.9 Å². The Bertz CT molecular complexity index is 445. The molecule has 0 aliphatic carbocycles. The SMILES string of the molecule is CCCNC(C)c1ccc(N2CCN3CCCC3C2)nc1. The summed E-state index contributed by atoms with van der Waals surface area (Å²) < 4.78 is 0. The Balaban J connectivity index is 1.61. The second-order valence-electron chi connectivity index (χ2n) is 6.40. The van der Waals surface area contributed by atoms with Crippen molar-refractivity contribution in [2.75, 3.05) is 37.6 Å². The third-order valence-electron chi connectivity index (χ3n) is 4.88. The standard InChI is InChI=1S/C17H28N4/c1-3-8-18-14(2)15-6-7-17(19-12-15)21-11-10-20-9-4-5-16(20)13-21/h6-7,12,14,16,18H,3-5,8-11,13H2,1-2H3. The van der Waals surface area contributed by atoms with Crippen molar-refractivity contribution in [2.24, 2.45) is 0 Å². The number of aromatic nitrogens is 1. The predicted molar refractivity (Wildman–Crippen MR) is 87.8 cm³/mol. The van der Waals surface area contributed by atoms with Crippen molar-refractivity contribution >= 4 is 5.82 Å². The summed E-state index contributed by atoms with van der Waals surface area (Å²) in [6, 6.07) is 5.57. The van der Waals surface area contributed by atoms with Gasteiger partial charge in [-0.2, -0.15) is 0 Å². The molecule has 116 valence electrons. The van der Waals surface area contributed by atoms with E-state index in [1.54, 1.807) is 0 Å². The quantitative estimate of drug-likeness (QED) is 0.901. The van der Waals surface area contributed by atoms with Crippen LogP contribution >= 0.6 is 0 Å².